The van der Waals surface area contributed by atoms with Crippen LogP contribution < -0.4 is 9.47 Å². The van der Waals surface area contributed by atoms with E-state index >= 15 is 0 Å². The molecule has 0 aromatic carbocycles. The van der Waals surface area contributed by atoms with E-state index in [9.17, 15) is 0 Å². The average molecular weight is 217 g/mol. The molecule has 1 aliphatic carbocycles. The molecule has 0 N–H and O–H groups in total. The topological polar surface area (TPSA) is 7.12 Å². The van der Waals surface area contributed by atoms with Gasteiger partial charge >= 0.3 is 0 Å². The van der Waals surface area contributed by atoms with Gasteiger partial charge in [-0.15, -0.1) is 0 Å². The van der Waals surface area contributed by atoms with Crippen LogP contribution >= 0.6 is 0 Å². The van der Waals surface area contributed by atoms with Gasteiger partial charge in [-0.3, -0.25) is 4.90 Å². The Balaban J connectivity index is 1.97. The van der Waals surface area contributed by atoms with Crippen LogP contribution in [-0.2, 0) is 7.05 Å². The number of pyridine rings is 1. The van der Waals surface area contributed by atoms with Gasteiger partial charge in [0.1, 0.15) is 0 Å². The van der Waals surface area contributed by atoms with E-state index in [0.717, 1.165) is 18.0 Å². The third kappa shape index (κ3) is 1.43. The molecule has 1 aromatic heterocycles. The smallest absolute Gasteiger partial charge is 0.256 e. The van der Waals surface area contributed by atoms with Gasteiger partial charge in [0.2, 0.25) is 0 Å². The van der Waals surface area contributed by atoms with Crippen molar-refractivity contribution in [2.24, 2.45) is 13.0 Å². The number of anilines is 1. The molecule has 2 heteroatoms. The molecule has 3 fully saturated rings. The highest BCUT2D eigenvalue weighted by atomic mass is 15.3. The standard InChI is InChI=1S/C14H21N2/c1-11-12-6-8-13(9-7-12)16(11)14-5-3-4-10-15(14)2/h3-5,10-13H,6-9H2,1-2H3/q+1. The highest BCUT2D eigenvalue weighted by molar-refractivity contribution is 5.38. The minimum absolute atomic E-state index is 0.723. The molecule has 2 nitrogen and oxygen atoms in total. The van der Waals surface area contributed by atoms with Crippen molar-refractivity contribution in [2.75, 3.05) is 4.90 Å². The van der Waals surface area contributed by atoms with E-state index in [4.69, 9.17) is 0 Å². The molecule has 0 amide bonds. The quantitative estimate of drug-likeness (QED) is 0.655. The van der Waals surface area contributed by atoms with Gasteiger partial charge in [0, 0.05) is 6.07 Å². The summed E-state index contributed by atoms with van der Waals surface area (Å²) in [4.78, 5) is 2.66. The molecular weight excluding hydrogens is 196 g/mol. The van der Waals surface area contributed by atoms with Gasteiger partial charge < -0.3 is 0 Å². The maximum absolute atomic E-state index is 2.66. The van der Waals surface area contributed by atoms with Crippen molar-refractivity contribution in [1.82, 2.24) is 0 Å². The summed E-state index contributed by atoms with van der Waals surface area (Å²) in [6.07, 6.45) is 7.83. The first-order chi connectivity index (χ1) is 7.77. The second-order valence-electron chi connectivity index (χ2n) is 5.39. The van der Waals surface area contributed by atoms with Gasteiger partial charge in [0.15, 0.2) is 0 Å². The van der Waals surface area contributed by atoms with Crippen LogP contribution in [0.2, 0.25) is 0 Å². The Kier molecular flexibility index (Phi) is 2.38. The van der Waals surface area contributed by atoms with Gasteiger partial charge in [-0.25, -0.2) is 4.57 Å². The normalized spacial score (nSPS) is 33.1. The summed E-state index contributed by atoms with van der Waals surface area (Å²) in [5.41, 5.74) is 0. The van der Waals surface area contributed by atoms with E-state index in [2.05, 4.69) is 47.8 Å². The Labute approximate surface area is 97.9 Å². The van der Waals surface area contributed by atoms with E-state index in [-0.39, 0.29) is 0 Å². The van der Waals surface area contributed by atoms with Crippen molar-refractivity contribution >= 4 is 5.82 Å². The second-order valence-corrected chi connectivity index (χ2v) is 5.39. The first-order valence-corrected chi connectivity index (χ1v) is 6.50. The fourth-order valence-electron chi connectivity index (χ4n) is 3.60. The summed E-state index contributed by atoms with van der Waals surface area (Å²) in [5, 5.41) is 0. The van der Waals surface area contributed by atoms with Crippen molar-refractivity contribution in [2.45, 2.75) is 44.7 Å². The van der Waals surface area contributed by atoms with Crippen LogP contribution in [-0.4, -0.2) is 12.1 Å². The third-order valence-electron chi connectivity index (χ3n) is 4.55. The number of aromatic nitrogens is 1. The minimum atomic E-state index is 0.723. The highest BCUT2D eigenvalue weighted by Crippen LogP contribution is 2.40. The number of rotatable bonds is 1. The highest BCUT2D eigenvalue weighted by Gasteiger charge is 2.45. The van der Waals surface area contributed by atoms with Gasteiger partial charge in [0.05, 0.1) is 25.3 Å². The molecule has 16 heavy (non-hydrogen) atoms. The largest absolute Gasteiger partial charge is 0.276 e. The molecule has 4 rings (SSSR count). The lowest BCUT2D eigenvalue weighted by molar-refractivity contribution is -0.659. The molecular formula is C14H21N2+. The number of hydrogen-bond donors (Lipinski definition) is 0. The van der Waals surface area contributed by atoms with Crippen molar-refractivity contribution in [3.63, 3.8) is 0 Å². The Morgan fingerprint density at radius 2 is 1.94 bits per heavy atom. The lowest BCUT2D eigenvalue weighted by Crippen LogP contribution is -2.57. The SMILES string of the molecule is CC1C2CCC(CC2)N1c1cccc[n+]1C. The lowest BCUT2D eigenvalue weighted by Gasteiger charge is -2.46. The monoisotopic (exact) mass is 217 g/mol. The molecule has 2 bridgehead atoms. The number of piperidine rings is 2. The van der Waals surface area contributed by atoms with Crippen LogP contribution in [0, 0.1) is 5.92 Å². The van der Waals surface area contributed by atoms with Crippen LogP contribution in [0.15, 0.2) is 24.4 Å². The summed E-state index contributed by atoms with van der Waals surface area (Å²) in [5.74, 6) is 2.31. The number of hydrogen-bond acceptors (Lipinski definition) is 1. The number of nitrogens with zero attached hydrogens (tertiary/aromatic N) is 2. The Morgan fingerprint density at radius 3 is 2.56 bits per heavy atom. The molecule has 0 spiro atoms. The predicted molar refractivity (Wildman–Crippen MR) is 65.3 cm³/mol. The zero-order chi connectivity index (χ0) is 11.1. The molecule has 1 atom stereocenters. The van der Waals surface area contributed by atoms with Crippen LogP contribution in [0.4, 0.5) is 5.82 Å². The Hall–Kier alpha value is -1.05. The van der Waals surface area contributed by atoms with Gasteiger partial charge in [-0.2, -0.15) is 0 Å². The minimum Gasteiger partial charge on any atom is -0.256 e. The molecule has 86 valence electrons. The summed E-state index contributed by atoms with van der Waals surface area (Å²) in [6, 6.07) is 8.03. The van der Waals surface area contributed by atoms with E-state index in [1.165, 1.54) is 31.5 Å². The second kappa shape index (κ2) is 3.76. The van der Waals surface area contributed by atoms with Crippen molar-refractivity contribution in [3.8, 4) is 0 Å². The predicted octanol–water partition coefficient (Wildman–Crippen LogP) is 2.28. The third-order valence-corrected chi connectivity index (χ3v) is 4.55. The van der Waals surface area contributed by atoms with Crippen molar-refractivity contribution < 1.29 is 4.57 Å². The first-order valence-electron chi connectivity index (χ1n) is 6.50. The van der Waals surface area contributed by atoms with E-state index < -0.39 is 0 Å². The molecule has 1 aromatic rings. The Morgan fingerprint density at radius 1 is 1.19 bits per heavy atom. The van der Waals surface area contributed by atoms with Crippen molar-refractivity contribution in [1.29, 1.82) is 0 Å². The van der Waals surface area contributed by atoms with E-state index in [1.807, 2.05) is 0 Å². The van der Waals surface area contributed by atoms with Crippen LogP contribution in [0.25, 0.3) is 0 Å². The van der Waals surface area contributed by atoms with Gasteiger partial charge in [-0.1, -0.05) is 6.07 Å². The molecule has 3 aliphatic rings. The number of fused-ring (bicyclic) bond motifs is 3. The van der Waals surface area contributed by atoms with Gasteiger partial charge in [-0.05, 0) is 44.6 Å². The maximum Gasteiger partial charge on any atom is 0.276 e. The maximum atomic E-state index is 2.66. The van der Waals surface area contributed by atoms with E-state index in [0.29, 0.717) is 0 Å². The van der Waals surface area contributed by atoms with Crippen LogP contribution in [0.1, 0.15) is 32.6 Å². The van der Waals surface area contributed by atoms with Crippen LogP contribution in [0.3, 0.4) is 0 Å². The fourth-order valence-corrected chi connectivity index (χ4v) is 3.60. The zero-order valence-corrected chi connectivity index (χ0v) is 10.3. The molecule has 2 saturated heterocycles. The summed E-state index contributed by atoms with van der Waals surface area (Å²) < 4.78 is 2.26. The zero-order valence-electron chi connectivity index (χ0n) is 10.3. The number of aryl methyl sites for hydroxylation is 1. The summed E-state index contributed by atoms with van der Waals surface area (Å²) >= 11 is 0. The molecule has 1 saturated carbocycles. The molecule has 1 unspecified atom stereocenters. The average Bonchev–Trinajstić information content (AvgIpc) is 2.32. The molecule has 3 heterocycles. The Bertz CT molecular complexity index is 378. The van der Waals surface area contributed by atoms with Crippen molar-refractivity contribution in [3.05, 3.63) is 24.4 Å². The summed E-state index contributed by atoms with van der Waals surface area (Å²) in [7, 11) is 2.16. The fraction of sp³-hybridized carbons (Fsp3) is 0.643. The molecule has 2 aliphatic heterocycles. The lowest BCUT2D eigenvalue weighted by atomic mass is 9.75. The van der Waals surface area contributed by atoms with Gasteiger partial charge in [0.25, 0.3) is 5.82 Å². The summed E-state index contributed by atoms with van der Waals surface area (Å²) in [6.45, 7) is 2.41. The molecule has 0 radical (unpaired) electrons. The first kappa shape index (κ1) is 10.1. The van der Waals surface area contributed by atoms with E-state index in [1.54, 1.807) is 0 Å². The van der Waals surface area contributed by atoms with Crippen LogP contribution in [0.5, 0.6) is 0 Å².